The van der Waals surface area contributed by atoms with E-state index < -0.39 is 5.97 Å². The Morgan fingerprint density at radius 3 is 2.59 bits per heavy atom. The summed E-state index contributed by atoms with van der Waals surface area (Å²) in [6, 6.07) is 11.6. The third kappa shape index (κ3) is 5.06. The van der Waals surface area contributed by atoms with Gasteiger partial charge in [0.1, 0.15) is 5.69 Å². The molecular formula is C22H23N3O3S. The lowest BCUT2D eigenvalue weighted by Gasteiger charge is -2.07. The number of hydrogen-bond donors (Lipinski definition) is 2. The minimum atomic E-state index is -0.423. The Morgan fingerprint density at radius 1 is 1.17 bits per heavy atom. The van der Waals surface area contributed by atoms with E-state index in [9.17, 15) is 9.59 Å². The molecule has 0 aliphatic heterocycles. The van der Waals surface area contributed by atoms with Gasteiger partial charge in [0, 0.05) is 34.4 Å². The number of carbonyl (C=O) groups is 2. The summed E-state index contributed by atoms with van der Waals surface area (Å²) in [6.45, 7) is 5.53. The molecule has 1 amide bonds. The van der Waals surface area contributed by atoms with Crippen molar-refractivity contribution >= 4 is 29.3 Å². The quantitative estimate of drug-likeness (QED) is 0.435. The van der Waals surface area contributed by atoms with Gasteiger partial charge in [-0.2, -0.15) is 0 Å². The van der Waals surface area contributed by atoms with Crippen molar-refractivity contribution in [2.24, 2.45) is 0 Å². The lowest BCUT2D eigenvalue weighted by molar-refractivity contribution is 0.0525. The summed E-state index contributed by atoms with van der Waals surface area (Å²) in [6.07, 6.45) is 3.61. The minimum absolute atomic E-state index is 0.287. The monoisotopic (exact) mass is 409 g/mol. The Labute approximate surface area is 174 Å². The molecule has 2 aromatic heterocycles. The number of amides is 1. The molecule has 2 heterocycles. The first kappa shape index (κ1) is 20.7. The van der Waals surface area contributed by atoms with Crippen LogP contribution < -0.4 is 5.32 Å². The van der Waals surface area contributed by atoms with Gasteiger partial charge in [-0.05, 0) is 62.2 Å². The number of ether oxygens (including phenoxy) is 1. The number of esters is 1. The third-order valence-corrected chi connectivity index (χ3v) is 5.47. The highest BCUT2D eigenvalue weighted by Crippen LogP contribution is 2.25. The molecule has 150 valence electrons. The lowest BCUT2D eigenvalue weighted by atomic mass is 10.1. The minimum Gasteiger partial charge on any atom is -0.462 e. The maximum atomic E-state index is 12.7. The molecule has 6 nitrogen and oxygen atoms in total. The number of anilines is 1. The van der Waals surface area contributed by atoms with Crippen molar-refractivity contribution < 1.29 is 14.3 Å². The molecule has 0 saturated carbocycles. The summed E-state index contributed by atoms with van der Waals surface area (Å²) < 4.78 is 5.07. The van der Waals surface area contributed by atoms with Gasteiger partial charge in [-0.3, -0.25) is 9.78 Å². The first-order chi connectivity index (χ1) is 14.0. The van der Waals surface area contributed by atoms with Crippen LogP contribution in [0, 0.1) is 13.8 Å². The van der Waals surface area contributed by atoms with Gasteiger partial charge in [0.15, 0.2) is 0 Å². The number of rotatable bonds is 7. The number of benzene rings is 1. The molecule has 0 unspecified atom stereocenters. The van der Waals surface area contributed by atoms with Crippen LogP contribution in [0.25, 0.3) is 0 Å². The predicted molar refractivity (Wildman–Crippen MR) is 114 cm³/mol. The zero-order chi connectivity index (χ0) is 20.8. The van der Waals surface area contributed by atoms with E-state index in [1.54, 1.807) is 38.7 Å². The highest BCUT2D eigenvalue weighted by molar-refractivity contribution is 7.98. The van der Waals surface area contributed by atoms with Gasteiger partial charge < -0.3 is 15.0 Å². The van der Waals surface area contributed by atoms with Gasteiger partial charge >= 0.3 is 5.97 Å². The van der Waals surface area contributed by atoms with Crippen molar-refractivity contribution in [2.75, 3.05) is 11.9 Å². The second-order valence-electron chi connectivity index (χ2n) is 6.47. The van der Waals surface area contributed by atoms with Crippen LogP contribution in [0.4, 0.5) is 5.69 Å². The van der Waals surface area contributed by atoms with E-state index in [1.165, 1.54) is 0 Å². The van der Waals surface area contributed by atoms with Crippen LogP contribution in [0.15, 0.2) is 53.7 Å². The van der Waals surface area contributed by atoms with Crippen molar-refractivity contribution in [3.63, 3.8) is 0 Å². The first-order valence-corrected chi connectivity index (χ1v) is 10.3. The Hall–Kier alpha value is -3.06. The van der Waals surface area contributed by atoms with Crippen LogP contribution in [0.3, 0.4) is 0 Å². The average Bonchev–Trinajstić information content (AvgIpc) is 3.02. The van der Waals surface area contributed by atoms with Gasteiger partial charge in [0.2, 0.25) is 0 Å². The van der Waals surface area contributed by atoms with Gasteiger partial charge in [-0.1, -0.05) is 6.07 Å². The van der Waals surface area contributed by atoms with Gasteiger partial charge in [0.25, 0.3) is 5.91 Å². The summed E-state index contributed by atoms with van der Waals surface area (Å²) in [5.74, 6) is 0.113. The van der Waals surface area contributed by atoms with E-state index in [0.29, 0.717) is 28.2 Å². The molecule has 29 heavy (non-hydrogen) atoms. The van der Waals surface area contributed by atoms with E-state index in [0.717, 1.165) is 16.2 Å². The molecule has 7 heteroatoms. The Balaban J connectivity index is 1.65. The molecule has 0 aliphatic rings. The Bertz CT molecular complexity index is 998. The number of aromatic nitrogens is 2. The van der Waals surface area contributed by atoms with E-state index in [2.05, 4.69) is 15.3 Å². The number of H-pyrrole nitrogens is 1. The summed E-state index contributed by atoms with van der Waals surface area (Å²) in [5, 5.41) is 2.87. The van der Waals surface area contributed by atoms with Crippen LogP contribution in [0.1, 0.15) is 44.6 Å². The predicted octanol–water partition coefficient (Wildman–Crippen LogP) is 4.75. The Kier molecular flexibility index (Phi) is 6.72. The van der Waals surface area contributed by atoms with Crippen molar-refractivity contribution in [1.82, 2.24) is 9.97 Å². The van der Waals surface area contributed by atoms with Crippen LogP contribution in [-0.2, 0) is 10.5 Å². The van der Waals surface area contributed by atoms with Gasteiger partial charge in [-0.15, -0.1) is 11.8 Å². The van der Waals surface area contributed by atoms with E-state index >= 15 is 0 Å². The summed E-state index contributed by atoms with van der Waals surface area (Å²) in [7, 11) is 0. The van der Waals surface area contributed by atoms with Crippen molar-refractivity contribution in [3.8, 4) is 0 Å². The Morgan fingerprint density at radius 2 is 1.93 bits per heavy atom. The standard InChI is InChI=1S/C22H23N3O3S/c1-4-28-22(27)19-14(2)20(24-15(19)3)21(26)25-17-7-9-18(10-8-17)29-13-16-6-5-11-23-12-16/h5-12,24H,4,13H2,1-3H3,(H,25,26). The highest BCUT2D eigenvalue weighted by atomic mass is 32.2. The number of nitrogens with zero attached hydrogens (tertiary/aromatic N) is 1. The average molecular weight is 410 g/mol. The molecule has 0 aliphatic carbocycles. The number of aromatic amines is 1. The second kappa shape index (κ2) is 9.43. The number of aryl methyl sites for hydroxylation is 1. The fourth-order valence-corrected chi connectivity index (χ4v) is 3.80. The summed E-state index contributed by atoms with van der Waals surface area (Å²) >= 11 is 1.70. The van der Waals surface area contributed by atoms with E-state index in [-0.39, 0.29) is 12.5 Å². The summed E-state index contributed by atoms with van der Waals surface area (Å²) in [5.41, 5.74) is 3.82. The van der Waals surface area contributed by atoms with E-state index in [1.807, 2.05) is 42.6 Å². The van der Waals surface area contributed by atoms with Crippen molar-refractivity contribution in [2.45, 2.75) is 31.4 Å². The molecular weight excluding hydrogens is 386 g/mol. The molecule has 3 aromatic rings. The third-order valence-electron chi connectivity index (χ3n) is 4.38. The van der Waals surface area contributed by atoms with Crippen molar-refractivity contribution in [3.05, 3.63) is 76.9 Å². The molecule has 0 bridgehead atoms. The first-order valence-electron chi connectivity index (χ1n) is 9.29. The maximum Gasteiger partial charge on any atom is 0.340 e. The lowest BCUT2D eigenvalue weighted by Crippen LogP contribution is -2.14. The van der Waals surface area contributed by atoms with Gasteiger partial charge in [-0.25, -0.2) is 4.79 Å². The van der Waals surface area contributed by atoms with Crippen LogP contribution in [0.2, 0.25) is 0 Å². The molecule has 3 rings (SSSR count). The number of carbonyl (C=O) groups excluding carboxylic acids is 2. The molecule has 0 fully saturated rings. The van der Waals surface area contributed by atoms with Crippen molar-refractivity contribution in [1.29, 1.82) is 0 Å². The number of nitrogens with one attached hydrogen (secondary N) is 2. The van der Waals surface area contributed by atoms with Crippen LogP contribution >= 0.6 is 11.8 Å². The van der Waals surface area contributed by atoms with E-state index in [4.69, 9.17) is 4.74 Å². The van der Waals surface area contributed by atoms with Crippen LogP contribution in [0.5, 0.6) is 0 Å². The van der Waals surface area contributed by atoms with Gasteiger partial charge in [0.05, 0.1) is 12.2 Å². The number of hydrogen-bond acceptors (Lipinski definition) is 5. The molecule has 0 saturated heterocycles. The second-order valence-corrected chi connectivity index (χ2v) is 7.52. The fraction of sp³-hybridized carbons (Fsp3) is 0.227. The maximum absolute atomic E-state index is 12.7. The SMILES string of the molecule is CCOC(=O)c1c(C)[nH]c(C(=O)Nc2ccc(SCc3cccnc3)cc2)c1C. The largest absolute Gasteiger partial charge is 0.462 e. The highest BCUT2D eigenvalue weighted by Gasteiger charge is 2.22. The zero-order valence-corrected chi connectivity index (χ0v) is 17.4. The zero-order valence-electron chi connectivity index (χ0n) is 16.6. The summed E-state index contributed by atoms with van der Waals surface area (Å²) in [4.78, 5) is 33.0. The number of pyridine rings is 1. The molecule has 0 atom stereocenters. The molecule has 1 aromatic carbocycles. The normalized spacial score (nSPS) is 10.6. The molecule has 0 radical (unpaired) electrons. The topological polar surface area (TPSA) is 84.1 Å². The fourth-order valence-electron chi connectivity index (χ4n) is 2.96. The number of thioether (sulfide) groups is 1. The smallest absolute Gasteiger partial charge is 0.340 e. The molecule has 0 spiro atoms. The van der Waals surface area contributed by atoms with Crippen LogP contribution in [-0.4, -0.2) is 28.5 Å². The molecule has 2 N–H and O–H groups in total.